The molecule has 0 saturated heterocycles. The summed E-state index contributed by atoms with van der Waals surface area (Å²) in [5.41, 5.74) is 2.93. The van der Waals surface area contributed by atoms with Gasteiger partial charge in [-0.2, -0.15) is 4.68 Å². The van der Waals surface area contributed by atoms with E-state index in [2.05, 4.69) is 31.5 Å². The van der Waals surface area contributed by atoms with E-state index in [1.54, 1.807) is 16.8 Å². The number of para-hydroxylation sites is 1. The van der Waals surface area contributed by atoms with Gasteiger partial charge in [-0.15, -0.1) is 5.10 Å². The predicted octanol–water partition coefficient (Wildman–Crippen LogP) is 4.10. The van der Waals surface area contributed by atoms with Crippen LogP contribution in [0, 0.1) is 24.0 Å². The lowest BCUT2D eigenvalue weighted by atomic mass is 10.1. The van der Waals surface area contributed by atoms with Crippen molar-refractivity contribution >= 4 is 33.4 Å². The van der Waals surface area contributed by atoms with E-state index in [0.29, 0.717) is 14.5 Å². The molecule has 0 aliphatic heterocycles. The van der Waals surface area contributed by atoms with Crippen molar-refractivity contribution in [1.82, 2.24) is 20.2 Å². The van der Waals surface area contributed by atoms with Crippen LogP contribution in [0.15, 0.2) is 50.9 Å². The highest BCUT2D eigenvalue weighted by Crippen LogP contribution is 2.36. The van der Waals surface area contributed by atoms with Gasteiger partial charge in [0.25, 0.3) is 5.69 Å². The summed E-state index contributed by atoms with van der Waals surface area (Å²) >= 11 is 4.41. The maximum Gasteiger partial charge on any atom is 0.284 e. The quantitative estimate of drug-likeness (QED) is 0.479. The van der Waals surface area contributed by atoms with Gasteiger partial charge in [0.05, 0.1) is 15.5 Å². The zero-order valence-electron chi connectivity index (χ0n) is 12.8. The number of halogens is 1. The van der Waals surface area contributed by atoms with Crippen LogP contribution in [0.4, 0.5) is 5.69 Å². The third-order valence-corrected chi connectivity index (χ3v) is 4.91. The number of aromatic nitrogens is 4. The smallest absolute Gasteiger partial charge is 0.258 e. The lowest BCUT2D eigenvalue weighted by Crippen LogP contribution is -2.04. The number of tetrazole rings is 1. The summed E-state index contributed by atoms with van der Waals surface area (Å²) in [5, 5.41) is 23.6. The topological polar surface area (TPSA) is 86.7 Å². The van der Waals surface area contributed by atoms with Crippen molar-refractivity contribution in [2.45, 2.75) is 23.9 Å². The van der Waals surface area contributed by atoms with E-state index in [0.717, 1.165) is 28.6 Å². The molecule has 0 N–H and O–H groups in total. The Morgan fingerprint density at radius 3 is 2.58 bits per heavy atom. The number of benzene rings is 2. The van der Waals surface area contributed by atoms with Crippen molar-refractivity contribution in [3.63, 3.8) is 0 Å². The summed E-state index contributed by atoms with van der Waals surface area (Å²) in [6.45, 7) is 3.95. The SMILES string of the molecule is Cc1cccc(C)c1-n1nnnc1Sc1ccc(Br)cc1[N+](=O)[O-]. The average molecular weight is 406 g/mol. The van der Waals surface area contributed by atoms with E-state index in [9.17, 15) is 10.1 Å². The molecule has 0 bridgehead atoms. The zero-order chi connectivity index (χ0) is 17.3. The Hall–Kier alpha value is -2.26. The van der Waals surface area contributed by atoms with E-state index in [1.807, 2.05) is 32.0 Å². The van der Waals surface area contributed by atoms with Gasteiger partial charge in [-0.3, -0.25) is 10.1 Å². The molecule has 122 valence electrons. The highest BCUT2D eigenvalue weighted by Gasteiger charge is 2.20. The molecule has 3 rings (SSSR count). The van der Waals surface area contributed by atoms with Gasteiger partial charge >= 0.3 is 0 Å². The van der Waals surface area contributed by atoms with Gasteiger partial charge in [-0.05, 0) is 59.3 Å². The van der Waals surface area contributed by atoms with Crippen LogP contribution in [-0.2, 0) is 0 Å². The number of hydrogen-bond acceptors (Lipinski definition) is 6. The van der Waals surface area contributed by atoms with E-state index in [-0.39, 0.29) is 5.69 Å². The lowest BCUT2D eigenvalue weighted by molar-refractivity contribution is -0.387. The van der Waals surface area contributed by atoms with E-state index < -0.39 is 4.92 Å². The van der Waals surface area contributed by atoms with Gasteiger partial charge in [0.1, 0.15) is 0 Å². The minimum absolute atomic E-state index is 0.00503. The van der Waals surface area contributed by atoms with Crippen LogP contribution in [-0.4, -0.2) is 25.1 Å². The monoisotopic (exact) mass is 405 g/mol. The lowest BCUT2D eigenvalue weighted by Gasteiger charge is -2.10. The third kappa shape index (κ3) is 3.17. The molecule has 0 atom stereocenters. The highest BCUT2D eigenvalue weighted by atomic mass is 79.9. The molecule has 1 heterocycles. The number of rotatable bonds is 4. The van der Waals surface area contributed by atoms with Crippen LogP contribution >= 0.6 is 27.7 Å². The first-order chi connectivity index (χ1) is 11.5. The highest BCUT2D eigenvalue weighted by molar-refractivity contribution is 9.10. The molecule has 0 aliphatic rings. The van der Waals surface area contributed by atoms with Gasteiger partial charge < -0.3 is 0 Å². The van der Waals surface area contributed by atoms with Crippen molar-refractivity contribution < 1.29 is 4.92 Å². The number of nitro groups is 1. The van der Waals surface area contributed by atoms with Crippen LogP contribution in [0.1, 0.15) is 11.1 Å². The number of nitro benzene ring substituents is 1. The Bertz CT molecular complexity index is 908. The van der Waals surface area contributed by atoms with Gasteiger partial charge in [0.15, 0.2) is 0 Å². The molecule has 24 heavy (non-hydrogen) atoms. The Kier molecular flexibility index (Phi) is 4.63. The van der Waals surface area contributed by atoms with Crippen LogP contribution in [0.2, 0.25) is 0 Å². The maximum atomic E-state index is 11.3. The van der Waals surface area contributed by atoms with Crippen LogP contribution < -0.4 is 0 Å². The molecule has 3 aromatic rings. The summed E-state index contributed by atoms with van der Waals surface area (Å²) in [6.07, 6.45) is 0. The molecular formula is C15H12BrN5O2S. The first-order valence-corrected chi connectivity index (χ1v) is 8.55. The molecule has 0 radical (unpaired) electrons. The predicted molar refractivity (Wildman–Crippen MR) is 93.5 cm³/mol. The fourth-order valence-electron chi connectivity index (χ4n) is 2.34. The van der Waals surface area contributed by atoms with Crippen molar-refractivity contribution in [1.29, 1.82) is 0 Å². The van der Waals surface area contributed by atoms with Crippen molar-refractivity contribution in [2.75, 3.05) is 0 Å². The standard InChI is InChI=1S/C15H12BrN5O2S/c1-9-4-3-5-10(2)14(9)20-15(17-18-19-20)24-13-7-6-11(16)8-12(13)21(22)23/h3-8H,1-2H3. The summed E-state index contributed by atoms with van der Waals surface area (Å²) in [7, 11) is 0. The van der Waals surface area contributed by atoms with E-state index in [1.165, 1.54) is 6.07 Å². The second kappa shape index (κ2) is 6.70. The normalized spacial score (nSPS) is 10.8. The second-order valence-electron chi connectivity index (χ2n) is 5.08. The maximum absolute atomic E-state index is 11.3. The molecule has 0 aliphatic carbocycles. The Balaban J connectivity index is 2.06. The van der Waals surface area contributed by atoms with Gasteiger partial charge in [0.2, 0.25) is 5.16 Å². The summed E-state index contributed by atoms with van der Waals surface area (Å²) in [5.74, 6) is 0. The number of aryl methyl sites for hydroxylation is 2. The van der Waals surface area contributed by atoms with Crippen LogP contribution in [0.3, 0.4) is 0 Å². The minimum atomic E-state index is -0.416. The molecule has 1 aromatic heterocycles. The number of nitrogens with zero attached hydrogens (tertiary/aromatic N) is 5. The summed E-state index contributed by atoms with van der Waals surface area (Å²) < 4.78 is 2.26. The number of hydrogen-bond donors (Lipinski definition) is 0. The fourth-order valence-corrected chi connectivity index (χ4v) is 3.55. The first-order valence-electron chi connectivity index (χ1n) is 6.94. The molecule has 0 unspecified atom stereocenters. The summed E-state index contributed by atoms with van der Waals surface area (Å²) in [6, 6.07) is 10.8. The van der Waals surface area contributed by atoms with Crippen molar-refractivity contribution in [2.24, 2.45) is 0 Å². The molecule has 0 spiro atoms. The molecule has 2 aromatic carbocycles. The minimum Gasteiger partial charge on any atom is -0.258 e. The van der Waals surface area contributed by atoms with Crippen molar-refractivity contribution in [3.05, 3.63) is 62.1 Å². The van der Waals surface area contributed by atoms with E-state index in [4.69, 9.17) is 0 Å². The van der Waals surface area contributed by atoms with Gasteiger partial charge in [-0.1, -0.05) is 34.1 Å². The Morgan fingerprint density at radius 2 is 1.92 bits per heavy atom. The molecule has 0 fully saturated rings. The molecule has 0 saturated carbocycles. The first kappa shape index (κ1) is 16.6. The summed E-state index contributed by atoms with van der Waals surface area (Å²) in [4.78, 5) is 11.3. The third-order valence-electron chi connectivity index (χ3n) is 3.41. The molecule has 9 heteroatoms. The van der Waals surface area contributed by atoms with Gasteiger partial charge in [-0.25, -0.2) is 0 Å². The van der Waals surface area contributed by atoms with Gasteiger partial charge in [0, 0.05) is 10.5 Å². The van der Waals surface area contributed by atoms with E-state index >= 15 is 0 Å². The zero-order valence-corrected chi connectivity index (χ0v) is 15.2. The van der Waals surface area contributed by atoms with Crippen LogP contribution in [0.25, 0.3) is 5.69 Å². The Morgan fingerprint density at radius 1 is 1.21 bits per heavy atom. The van der Waals surface area contributed by atoms with Crippen LogP contribution in [0.5, 0.6) is 0 Å². The van der Waals surface area contributed by atoms with Crippen molar-refractivity contribution in [3.8, 4) is 5.69 Å². The fraction of sp³-hybridized carbons (Fsp3) is 0.133. The second-order valence-corrected chi connectivity index (χ2v) is 7.01. The molecular weight excluding hydrogens is 394 g/mol. The largest absolute Gasteiger partial charge is 0.284 e. The Labute approximate surface area is 150 Å². The average Bonchev–Trinajstić information content (AvgIpc) is 2.97. The molecule has 7 nitrogen and oxygen atoms in total. The molecule has 0 amide bonds.